The summed E-state index contributed by atoms with van der Waals surface area (Å²) in [5.74, 6) is 3.53. The second-order valence-electron chi connectivity index (χ2n) is 7.98. The van der Waals surface area contributed by atoms with Gasteiger partial charge in [0.25, 0.3) is 10.0 Å². The van der Waals surface area contributed by atoms with Gasteiger partial charge >= 0.3 is 0 Å². The van der Waals surface area contributed by atoms with Crippen LogP contribution in [0.15, 0.2) is 33.6 Å². The number of benzene rings is 1. The topological polar surface area (TPSA) is 46.5 Å². The molecule has 124 valence electrons. The Labute approximate surface area is 139 Å². The third-order valence-electron chi connectivity index (χ3n) is 6.29. The van der Waals surface area contributed by atoms with E-state index in [1.165, 1.54) is 32.1 Å². The van der Waals surface area contributed by atoms with Gasteiger partial charge in [0, 0.05) is 11.6 Å². The molecule has 0 N–H and O–H groups in total. The molecule has 4 aliphatic rings. The minimum absolute atomic E-state index is 0.311. The van der Waals surface area contributed by atoms with Crippen LogP contribution in [-0.4, -0.2) is 14.1 Å². The Morgan fingerprint density at radius 3 is 2.00 bits per heavy atom. The van der Waals surface area contributed by atoms with Gasteiger partial charge in [-0.15, -0.1) is 0 Å². The molecule has 1 aromatic carbocycles. The number of nitrogens with zero attached hydrogens (tertiary/aromatic N) is 1. The largest absolute Gasteiger partial charge is 0.282 e. The summed E-state index contributed by atoms with van der Waals surface area (Å²) >= 11 is 0. The number of hydrogen-bond acceptors (Lipinski definition) is 2. The first-order chi connectivity index (χ1) is 10.9. The van der Waals surface area contributed by atoms with Gasteiger partial charge in [-0.25, -0.2) is 0 Å². The molecule has 3 nitrogen and oxygen atoms in total. The summed E-state index contributed by atoms with van der Waals surface area (Å²) in [6.07, 6.45) is 6.56. The standard InChI is InChI=1S/C19H25NO2S/c1-12-3-5-18(6-4-12)23(21,22)20-13(2)19-16-8-14-7-15(10-16)11-17(19)9-14/h3-6,14-17,19H,7-11H2,1-2H3/b20-13-. The van der Waals surface area contributed by atoms with E-state index in [1.807, 2.05) is 26.0 Å². The number of sulfonamides is 1. The summed E-state index contributed by atoms with van der Waals surface area (Å²) < 4.78 is 29.4. The molecular formula is C19H25NO2S. The lowest BCUT2D eigenvalue weighted by Gasteiger charge is -2.54. The van der Waals surface area contributed by atoms with Gasteiger partial charge in [0.2, 0.25) is 0 Å². The maximum Gasteiger partial charge on any atom is 0.282 e. The van der Waals surface area contributed by atoms with Crippen LogP contribution in [0.2, 0.25) is 0 Å². The molecule has 4 fully saturated rings. The Kier molecular flexibility index (Phi) is 3.63. The average Bonchev–Trinajstić information content (AvgIpc) is 2.45. The zero-order valence-electron chi connectivity index (χ0n) is 13.9. The highest BCUT2D eigenvalue weighted by atomic mass is 32.2. The Balaban J connectivity index is 1.62. The van der Waals surface area contributed by atoms with Crippen molar-refractivity contribution >= 4 is 15.7 Å². The maximum atomic E-state index is 12.6. The molecule has 0 spiro atoms. The summed E-state index contributed by atoms with van der Waals surface area (Å²) in [4.78, 5) is 0.311. The Morgan fingerprint density at radius 2 is 1.48 bits per heavy atom. The molecule has 4 saturated carbocycles. The highest BCUT2D eigenvalue weighted by Crippen LogP contribution is 2.56. The lowest BCUT2D eigenvalue weighted by atomic mass is 9.51. The molecule has 4 aliphatic carbocycles. The van der Waals surface area contributed by atoms with Gasteiger partial charge in [0.15, 0.2) is 0 Å². The molecule has 0 unspecified atom stereocenters. The summed E-state index contributed by atoms with van der Waals surface area (Å²) in [5, 5.41) is 0. The molecule has 5 rings (SSSR count). The van der Waals surface area contributed by atoms with E-state index in [4.69, 9.17) is 0 Å². The SMILES string of the molecule is C/C(=N/S(=O)(=O)c1ccc(C)cc1)C1C2CC3CC(C2)CC1C3. The van der Waals surface area contributed by atoms with Crippen molar-refractivity contribution in [2.45, 2.75) is 50.8 Å². The molecule has 0 amide bonds. The number of rotatable bonds is 3. The van der Waals surface area contributed by atoms with E-state index in [1.54, 1.807) is 12.1 Å². The Hall–Kier alpha value is -1.16. The molecule has 0 radical (unpaired) electrons. The molecule has 0 aromatic heterocycles. The van der Waals surface area contributed by atoms with Crippen LogP contribution in [0.1, 0.15) is 44.6 Å². The van der Waals surface area contributed by atoms with Crippen molar-refractivity contribution in [1.82, 2.24) is 0 Å². The quantitative estimate of drug-likeness (QED) is 0.779. The smallest absolute Gasteiger partial charge is 0.199 e. The third-order valence-corrected chi connectivity index (χ3v) is 7.69. The van der Waals surface area contributed by atoms with E-state index in [9.17, 15) is 8.42 Å². The van der Waals surface area contributed by atoms with Gasteiger partial charge in [0.05, 0.1) is 4.90 Å². The van der Waals surface area contributed by atoms with Crippen LogP contribution in [0, 0.1) is 36.5 Å². The molecule has 4 heteroatoms. The summed E-state index contributed by atoms with van der Waals surface area (Å²) in [5.41, 5.74) is 1.91. The fraction of sp³-hybridized carbons (Fsp3) is 0.632. The highest BCUT2D eigenvalue weighted by Gasteiger charge is 2.49. The Bertz CT molecular complexity index is 705. The summed E-state index contributed by atoms with van der Waals surface area (Å²) in [6, 6.07) is 7.00. The fourth-order valence-electron chi connectivity index (χ4n) is 5.62. The predicted octanol–water partition coefficient (Wildman–Crippen LogP) is 4.22. The lowest BCUT2D eigenvalue weighted by molar-refractivity contribution is -0.00832. The normalized spacial score (nSPS) is 36.4. The van der Waals surface area contributed by atoms with Crippen molar-refractivity contribution in [2.75, 3.05) is 0 Å². The molecule has 0 aliphatic heterocycles. The second-order valence-corrected chi connectivity index (χ2v) is 9.58. The summed E-state index contributed by atoms with van der Waals surface area (Å²) in [7, 11) is -3.57. The van der Waals surface area contributed by atoms with Crippen molar-refractivity contribution < 1.29 is 8.42 Å². The highest BCUT2D eigenvalue weighted by molar-refractivity contribution is 7.90. The zero-order chi connectivity index (χ0) is 16.2. The van der Waals surface area contributed by atoms with Gasteiger partial charge < -0.3 is 0 Å². The molecule has 4 bridgehead atoms. The first-order valence-electron chi connectivity index (χ1n) is 8.80. The van der Waals surface area contributed by atoms with E-state index in [0.29, 0.717) is 22.6 Å². The third kappa shape index (κ3) is 2.75. The number of hydrogen-bond donors (Lipinski definition) is 0. The first kappa shape index (κ1) is 15.4. The average molecular weight is 331 g/mol. The maximum absolute atomic E-state index is 12.6. The minimum atomic E-state index is -3.57. The van der Waals surface area contributed by atoms with Crippen molar-refractivity contribution in [3.63, 3.8) is 0 Å². The number of aryl methyl sites for hydroxylation is 1. The van der Waals surface area contributed by atoms with Crippen molar-refractivity contribution in [3.8, 4) is 0 Å². The van der Waals surface area contributed by atoms with Crippen LogP contribution in [0.3, 0.4) is 0 Å². The lowest BCUT2D eigenvalue weighted by Crippen LogP contribution is -2.47. The molecular weight excluding hydrogens is 306 g/mol. The van der Waals surface area contributed by atoms with Crippen LogP contribution in [0.4, 0.5) is 0 Å². The van der Waals surface area contributed by atoms with E-state index in [-0.39, 0.29) is 0 Å². The van der Waals surface area contributed by atoms with Gasteiger partial charge in [-0.3, -0.25) is 0 Å². The van der Waals surface area contributed by atoms with Gasteiger partial charge in [0.1, 0.15) is 0 Å². The minimum Gasteiger partial charge on any atom is -0.199 e. The van der Waals surface area contributed by atoms with E-state index >= 15 is 0 Å². The van der Waals surface area contributed by atoms with Crippen LogP contribution in [0.5, 0.6) is 0 Å². The van der Waals surface area contributed by atoms with Crippen molar-refractivity contribution in [3.05, 3.63) is 29.8 Å². The van der Waals surface area contributed by atoms with Gasteiger partial charge in [-0.1, -0.05) is 17.7 Å². The molecule has 0 saturated heterocycles. The van der Waals surface area contributed by atoms with Crippen molar-refractivity contribution in [1.29, 1.82) is 0 Å². The first-order valence-corrected chi connectivity index (χ1v) is 10.2. The summed E-state index contributed by atoms with van der Waals surface area (Å²) in [6.45, 7) is 3.90. The molecule has 23 heavy (non-hydrogen) atoms. The fourth-order valence-corrected chi connectivity index (χ4v) is 6.71. The monoisotopic (exact) mass is 331 g/mol. The van der Waals surface area contributed by atoms with E-state index in [0.717, 1.165) is 23.1 Å². The van der Waals surface area contributed by atoms with Crippen LogP contribution in [0.25, 0.3) is 0 Å². The molecule has 0 atom stereocenters. The van der Waals surface area contributed by atoms with Crippen LogP contribution in [-0.2, 0) is 10.0 Å². The van der Waals surface area contributed by atoms with Gasteiger partial charge in [-0.05, 0) is 81.8 Å². The van der Waals surface area contributed by atoms with Gasteiger partial charge in [-0.2, -0.15) is 12.8 Å². The van der Waals surface area contributed by atoms with E-state index in [2.05, 4.69) is 4.40 Å². The molecule has 0 heterocycles. The predicted molar refractivity (Wildman–Crippen MR) is 92.0 cm³/mol. The zero-order valence-corrected chi connectivity index (χ0v) is 14.7. The van der Waals surface area contributed by atoms with E-state index < -0.39 is 10.0 Å². The molecule has 1 aromatic rings. The second kappa shape index (κ2) is 5.44. The Morgan fingerprint density at radius 1 is 0.957 bits per heavy atom. The van der Waals surface area contributed by atoms with Crippen molar-refractivity contribution in [2.24, 2.45) is 34.0 Å². The van der Waals surface area contributed by atoms with Crippen LogP contribution >= 0.6 is 0 Å². The van der Waals surface area contributed by atoms with Crippen LogP contribution < -0.4 is 0 Å².